The maximum absolute atomic E-state index is 13.2. The van der Waals surface area contributed by atoms with Crippen LogP contribution in [-0.4, -0.2) is 49.7 Å². The second-order valence-corrected chi connectivity index (χ2v) is 6.70. The molecule has 3 rings (SSSR count). The van der Waals surface area contributed by atoms with Crippen molar-refractivity contribution in [2.75, 3.05) is 13.2 Å². The van der Waals surface area contributed by atoms with Crippen LogP contribution in [0.5, 0.6) is 5.88 Å². The Kier molecular flexibility index (Phi) is 6.03. The molecule has 28 heavy (non-hydrogen) atoms. The minimum absolute atomic E-state index is 0.140. The Morgan fingerprint density at radius 2 is 2.07 bits per heavy atom. The molecule has 0 N–H and O–H groups in total. The maximum atomic E-state index is 13.2. The maximum Gasteiger partial charge on any atom is 0.273 e. The smallest absolute Gasteiger partial charge is 0.273 e. The number of pyridine rings is 2. The van der Waals surface area contributed by atoms with E-state index in [4.69, 9.17) is 4.74 Å². The SMILES string of the molecule is CCN(C(=O)c1ncccc1-c1ccn(C)n1)[C@@H](C)COc1ccc(C)cn1. The summed E-state index contributed by atoms with van der Waals surface area (Å²) in [6.07, 6.45) is 5.24. The Morgan fingerprint density at radius 1 is 1.25 bits per heavy atom. The number of carbonyl (C=O) groups is 1. The van der Waals surface area contributed by atoms with Crippen LogP contribution >= 0.6 is 0 Å². The topological polar surface area (TPSA) is 73.1 Å². The Bertz CT molecular complexity index is 936. The van der Waals surface area contributed by atoms with Gasteiger partial charge >= 0.3 is 0 Å². The monoisotopic (exact) mass is 379 g/mol. The van der Waals surface area contributed by atoms with E-state index in [0.29, 0.717) is 24.7 Å². The molecule has 3 heterocycles. The normalized spacial score (nSPS) is 11.9. The summed E-state index contributed by atoms with van der Waals surface area (Å²) in [5.74, 6) is 0.407. The van der Waals surface area contributed by atoms with E-state index < -0.39 is 0 Å². The molecule has 146 valence electrons. The summed E-state index contributed by atoms with van der Waals surface area (Å²) in [6.45, 7) is 6.77. The number of carbonyl (C=O) groups excluding carboxylic acids is 1. The van der Waals surface area contributed by atoms with Gasteiger partial charge in [-0.15, -0.1) is 0 Å². The Labute approximate surface area is 165 Å². The summed E-state index contributed by atoms with van der Waals surface area (Å²) in [5, 5.41) is 4.41. The van der Waals surface area contributed by atoms with Crippen LogP contribution in [0.3, 0.4) is 0 Å². The molecule has 0 unspecified atom stereocenters. The first-order valence-electron chi connectivity index (χ1n) is 9.31. The number of aryl methyl sites for hydroxylation is 2. The molecular formula is C21H25N5O2. The van der Waals surface area contributed by atoms with Crippen molar-refractivity contribution in [2.45, 2.75) is 26.8 Å². The lowest BCUT2D eigenvalue weighted by molar-refractivity contribution is 0.0641. The lowest BCUT2D eigenvalue weighted by Crippen LogP contribution is -2.42. The van der Waals surface area contributed by atoms with Crippen molar-refractivity contribution in [3.63, 3.8) is 0 Å². The molecule has 0 spiro atoms. The van der Waals surface area contributed by atoms with Crippen molar-refractivity contribution in [3.05, 3.63) is 60.2 Å². The molecule has 3 aromatic heterocycles. The number of rotatable bonds is 7. The molecule has 1 atom stereocenters. The Morgan fingerprint density at radius 3 is 2.71 bits per heavy atom. The van der Waals surface area contributed by atoms with Crippen LogP contribution in [0.25, 0.3) is 11.3 Å². The highest BCUT2D eigenvalue weighted by atomic mass is 16.5. The molecule has 0 saturated carbocycles. The van der Waals surface area contributed by atoms with Crippen LogP contribution in [0.4, 0.5) is 0 Å². The summed E-state index contributed by atoms with van der Waals surface area (Å²) >= 11 is 0. The van der Waals surface area contributed by atoms with Crippen LogP contribution in [0, 0.1) is 6.92 Å². The van der Waals surface area contributed by atoms with E-state index >= 15 is 0 Å². The van der Waals surface area contributed by atoms with Gasteiger partial charge in [0.1, 0.15) is 12.3 Å². The van der Waals surface area contributed by atoms with Crippen LogP contribution < -0.4 is 4.74 Å². The van der Waals surface area contributed by atoms with Crippen LogP contribution in [-0.2, 0) is 7.05 Å². The van der Waals surface area contributed by atoms with E-state index in [2.05, 4.69) is 15.1 Å². The van der Waals surface area contributed by atoms with Crippen LogP contribution in [0.15, 0.2) is 48.9 Å². The predicted molar refractivity (Wildman–Crippen MR) is 107 cm³/mol. The fraction of sp³-hybridized carbons (Fsp3) is 0.333. The van der Waals surface area contributed by atoms with E-state index in [1.165, 1.54) is 0 Å². The molecule has 0 aliphatic carbocycles. The molecule has 0 aliphatic heterocycles. The number of likely N-dealkylation sites (N-methyl/N-ethyl adjacent to an activating group) is 1. The number of hydrogen-bond acceptors (Lipinski definition) is 5. The minimum atomic E-state index is -0.142. The zero-order valence-corrected chi connectivity index (χ0v) is 16.7. The highest BCUT2D eigenvalue weighted by Crippen LogP contribution is 2.22. The first-order valence-corrected chi connectivity index (χ1v) is 9.31. The van der Waals surface area contributed by atoms with Crippen molar-refractivity contribution in [1.82, 2.24) is 24.6 Å². The van der Waals surface area contributed by atoms with Gasteiger partial charge in [-0.05, 0) is 44.5 Å². The van der Waals surface area contributed by atoms with Crippen molar-refractivity contribution < 1.29 is 9.53 Å². The van der Waals surface area contributed by atoms with E-state index in [0.717, 1.165) is 16.8 Å². The molecule has 0 aromatic carbocycles. The van der Waals surface area contributed by atoms with Gasteiger partial charge in [-0.2, -0.15) is 5.10 Å². The van der Waals surface area contributed by atoms with Gasteiger partial charge in [0, 0.05) is 43.8 Å². The first kappa shape index (κ1) is 19.5. The molecule has 0 radical (unpaired) electrons. The third-order valence-electron chi connectivity index (χ3n) is 4.49. The highest BCUT2D eigenvalue weighted by Gasteiger charge is 2.25. The zero-order valence-electron chi connectivity index (χ0n) is 16.7. The fourth-order valence-electron chi connectivity index (χ4n) is 2.97. The third-order valence-corrected chi connectivity index (χ3v) is 4.49. The van der Waals surface area contributed by atoms with Gasteiger partial charge in [-0.3, -0.25) is 14.5 Å². The third kappa shape index (κ3) is 4.36. The number of aromatic nitrogens is 4. The van der Waals surface area contributed by atoms with Gasteiger partial charge in [0.05, 0.1) is 11.7 Å². The molecule has 3 aromatic rings. The molecule has 1 amide bonds. The molecule has 7 nitrogen and oxygen atoms in total. The quantitative estimate of drug-likeness (QED) is 0.631. The lowest BCUT2D eigenvalue weighted by Gasteiger charge is -2.28. The minimum Gasteiger partial charge on any atom is -0.475 e. The lowest BCUT2D eigenvalue weighted by atomic mass is 10.1. The second-order valence-electron chi connectivity index (χ2n) is 6.70. The van der Waals surface area contributed by atoms with Gasteiger partial charge in [0.15, 0.2) is 0 Å². The molecule has 7 heteroatoms. The van der Waals surface area contributed by atoms with Crippen LogP contribution in [0.1, 0.15) is 29.9 Å². The zero-order chi connectivity index (χ0) is 20.1. The Hall–Kier alpha value is -3.22. The first-order chi connectivity index (χ1) is 13.5. The Balaban J connectivity index is 1.77. The summed E-state index contributed by atoms with van der Waals surface area (Å²) < 4.78 is 7.48. The van der Waals surface area contributed by atoms with E-state index in [-0.39, 0.29) is 11.9 Å². The largest absolute Gasteiger partial charge is 0.475 e. The number of ether oxygens (including phenoxy) is 1. The molecular weight excluding hydrogens is 354 g/mol. The van der Waals surface area contributed by atoms with Crippen molar-refractivity contribution in [3.8, 4) is 17.1 Å². The van der Waals surface area contributed by atoms with Gasteiger partial charge < -0.3 is 9.64 Å². The van der Waals surface area contributed by atoms with E-state index in [1.807, 2.05) is 64.3 Å². The van der Waals surface area contributed by atoms with Crippen molar-refractivity contribution in [1.29, 1.82) is 0 Å². The molecule has 0 bridgehead atoms. The highest BCUT2D eigenvalue weighted by molar-refractivity contribution is 5.98. The predicted octanol–water partition coefficient (Wildman–Crippen LogP) is 3.12. The number of amides is 1. The average Bonchev–Trinajstić information content (AvgIpc) is 3.14. The number of nitrogens with zero attached hydrogens (tertiary/aromatic N) is 5. The van der Waals surface area contributed by atoms with E-state index in [9.17, 15) is 4.79 Å². The van der Waals surface area contributed by atoms with Gasteiger partial charge in [0.2, 0.25) is 5.88 Å². The van der Waals surface area contributed by atoms with Gasteiger partial charge in [-0.1, -0.05) is 6.07 Å². The van der Waals surface area contributed by atoms with Crippen molar-refractivity contribution in [2.24, 2.45) is 7.05 Å². The van der Waals surface area contributed by atoms with Gasteiger partial charge in [-0.25, -0.2) is 4.98 Å². The van der Waals surface area contributed by atoms with E-state index in [1.54, 1.807) is 22.0 Å². The molecule has 0 saturated heterocycles. The average molecular weight is 379 g/mol. The standard InChI is InChI=1S/C21H25N5O2/c1-5-26(16(3)14-28-19-9-8-15(2)13-23-19)21(27)20-17(7-6-11-22-20)18-10-12-25(4)24-18/h6-13,16H,5,14H2,1-4H3/t16-/m0/s1. The van der Waals surface area contributed by atoms with Crippen molar-refractivity contribution >= 4 is 5.91 Å². The molecule has 0 fully saturated rings. The number of hydrogen-bond donors (Lipinski definition) is 0. The summed E-state index contributed by atoms with van der Waals surface area (Å²) in [4.78, 5) is 23.6. The summed E-state index contributed by atoms with van der Waals surface area (Å²) in [5.41, 5.74) is 2.91. The van der Waals surface area contributed by atoms with Gasteiger partial charge in [0.25, 0.3) is 5.91 Å². The molecule has 0 aliphatic rings. The van der Waals surface area contributed by atoms with Crippen LogP contribution in [0.2, 0.25) is 0 Å². The fourth-order valence-corrected chi connectivity index (χ4v) is 2.97. The summed E-state index contributed by atoms with van der Waals surface area (Å²) in [7, 11) is 1.85. The second kappa shape index (κ2) is 8.65. The summed E-state index contributed by atoms with van der Waals surface area (Å²) in [6, 6.07) is 9.19.